The lowest BCUT2D eigenvalue weighted by atomic mass is 9.95. The zero-order chi connectivity index (χ0) is 19.5. The van der Waals surface area contributed by atoms with Gasteiger partial charge in [-0.3, -0.25) is 14.5 Å². The molecule has 1 saturated carbocycles. The van der Waals surface area contributed by atoms with E-state index in [4.69, 9.17) is 0 Å². The van der Waals surface area contributed by atoms with E-state index in [-0.39, 0.29) is 23.8 Å². The van der Waals surface area contributed by atoms with Crippen molar-refractivity contribution < 1.29 is 9.59 Å². The molecule has 28 heavy (non-hydrogen) atoms. The van der Waals surface area contributed by atoms with E-state index in [2.05, 4.69) is 34.7 Å². The fraction of sp³-hybridized carbons (Fsp3) is 0.727. The number of rotatable bonds is 6. The van der Waals surface area contributed by atoms with Crippen LogP contribution in [0.1, 0.15) is 56.4 Å². The van der Waals surface area contributed by atoms with Gasteiger partial charge in [0.1, 0.15) is 0 Å². The van der Waals surface area contributed by atoms with Crippen LogP contribution in [-0.4, -0.2) is 54.3 Å². The Kier molecular flexibility index (Phi) is 6.36. The standard InChI is InChI=1S/C22H33N3O2S/c1-16-6-10-24(11-7-16)19(20-3-2-14-28-20)15-23-21(26)17-8-12-25(13-9-17)22(27)18-4-5-18/h2-3,14,16-19H,4-13,15H2,1H3,(H,23,26)/t19-/m1/s1. The lowest BCUT2D eigenvalue weighted by Crippen LogP contribution is -2.46. The molecule has 1 aromatic rings. The first-order valence-electron chi connectivity index (χ1n) is 11.0. The van der Waals surface area contributed by atoms with Gasteiger partial charge >= 0.3 is 0 Å². The van der Waals surface area contributed by atoms with Crippen LogP contribution < -0.4 is 5.32 Å². The van der Waals surface area contributed by atoms with Crippen molar-refractivity contribution in [1.82, 2.24) is 15.1 Å². The Hall–Kier alpha value is -1.40. The van der Waals surface area contributed by atoms with Gasteiger partial charge < -0.3 is 10.2 Å². The minimum Gasteiger partial charge on any atom is -0.354 e. The highest BCUT2D eigenvalue weighted by Crippen LogP contribution is 2.33. The highest BCUT2D eigenvalue weighted by molar-refractivity contribution is 7.10. The van der Waals surface area contributed by atoms with E-state index in [1.807, 2.05) is 4.90 Å². The van der Waals surface area contributed by atoms with Crippen molar-refractivity contribution in [2.24, 2.45) is 17.8 Å². The summed E-state index contributed by atoms with van der Waals surface area (Å²) < 4.78 is 0. The number of thiophene rings is 1. The molecule has 3 heterocycles. The van der Waals surface area contributed by atoms with E-state index in [0.29, 0.717) is 12.5 Å². The minimum absolute atomic E-state index is 0.0496. The summed E-state index contributed by atoms with van der Waals surface area (Å²) in [4.78, 5) is 30.9. The quantitative estimate of drug-likeness (QED) is 0.793. The lowest BCUT2D eigenvalue weighted by molar-refractivity contribution is -0.136. The van der Waals surface area contributed by atoms with Crippen molar-refractivity contribution in [1.29, 1.82) is 0 Å². The summed E-state index contributed by atoms with van der Waals surface area (Å²) in [5, 5.41) is 5.38. The Balaban J connectivity index is 1.29. The second-order valence-electron chi connectivity index (χ2n) is 8.87. The van der Waals surface area contributed by atoms with Crippen LogP contribution in [0.2, 0.25) is 0 Å². The van der Waals surface area contributed by atoms with E-state index in [1.165, 1.54) is 17.7 Å². The molecular formula is C22H33N3O2S. The van der Waals surface area contributed by atoms with Crippen molar-refractivity contribution in [3.05, 3.63) is 22.4 Å². The van der Waals surface area contributed by atoms with Gasteiger partial charge in [-0.05, 0) is 69.0 Å². The summed E-state index contributed by atoms with van der Waals surface area (Å²) in [6.45, 7) is 6.73. The molecule has 154 valence electrons. The number of piperidine rings is 2. The summed E-state index contributed by atoms with van der Waals surface area (Å²) >= 11 is 1.79. The molecule has 0 bridgehead atoms. The molecule has 0 spiro atoms. The summed E-state index contributed by atoms with van der Waals surface area (Å²) in [6, 6.07) is 4.59. The first-order valence-corrected chi connectivity index (χ1v) is 11.8. The molecule has 1 aliphatic carbocycles. The lowest BCUT2D eigenvalue weighted by Gasteiger charge is -2.37. The SMILES string of the molecule is CC1CCN([C@H](CNC(=O)C2CCN(C(=O)C3CC3)CC2)c2cccs2)CC1. The second-order valence-corrected chi connectivity index (χ2v) is 9.85. The highest BCUT2D eigenvalue weighted by atomic mass is 32.1. The average molecular weight is 404 g/mol. The molecule has 3 aliphatic rings. The monoisotopic (exact) mass is 403 g/mol. The van der Waals surface area contributed by atoms with Gasteiger partial charge in [0.2, 0.25) is 11.8 Å². The molecule has 4 rings (SSSR count). The first kappa shape index (κ1) is 19.9. The third-order valence-corrected chi connectivity index (χ3v) is 7.68. The van der Waals surface area contributed by atoms with Crippen LogP contribution in [0.15, 0.2) is 17.5 Å². The van der Waals surface area contributed by atoms with Crippen LogP contribution in [0.3, 0.4) is 0 Å². The van der Waals surface area contributed by atoms with Crippen LogP contribution >= 0.6 is 11.3 Å². The second kappa shape index (κ2) is 8.95. The van der Waals surface area contributed by atoms with Gasteiger partial charge in [0.05, 0.1) is 6.04 Å². The summed E-state index contributed by atoms with van der Waals surface area (Å²) in [5.74, 6) is 1.62. The third kappa shape index (κ3) is 4.77. The van der Waals surface area contributed by atoms with Gasteiger partial charge in [0.15, 0.2) is 0 Å². The molecule has 2 saturated heterocycles. The zero-order valence-corrected chi connectivity index (χ0v) is 17.8. The van der Waals surface area contributed by atoms with Crippen LogP contribution in [0.25, 0.3) is 0 Å². The molecular weight excluding hydrogens is 370 g/mol. The van der Waals surface area contributed by atoms with Crippen LogP contribution in [0, 0.1) is 17.8 Å². The summed E-state index contributed by atoms with van der Waals surface area (Å²) in [7, 11) is 0. The molecule has 0 radical (unpaired) electrons. The van der Waals surface area contributed by atoms with Crippen LogP contribution in [-0.2, 0) is 9.59 Å². The topological polar surface area (TPSA) is 52.7 Å². The number of nitrogens with zero attached hydrogens (tertiary/aromatic N) is 2. The van der Waals surface area contributed by atoms with Crippen molar-refractivity contribution in [3.8, 4) is 0 Å². The normalized spacial score (nSPS) is 23.5. The largest absolute Gasteiger partial charge is 0.354 e. The van der Waals surface area contributed by atoms with Gasteiger partial charge in [-0.2, -0.15) is 0 Å². The van der Waals surface area contributed by atoms with Crippen molar-refractivity contribution in [2.75, 3.05) is 32.7 Å². The maximum absolute atomic E-state index is 12.8. The number of amides is 2. The number of likely N-dealkylation sites (tertiary alicyclic amines) is 2. The van der Waals surface area contributed by atoms with Gasteiger partial charge in [0.25, 0.3) is 0 Å². The molecule has 5 nitrogen and oxygen atoms in total. The van der Waals surface area contributed by atoms with Gasteiger partial charge in [0, 0.05) is 36.3 Å². The van der Waals surface area contributed by atoms with Gasteiger partial charge in [-0.25, -0.2) is 0 Å². The minimum atomic E-state index is 0.0496. The van der Waals surface area contributed by atoms with Crippen molar-refractivity contribution >= 4 is 23.2 Å². The maximum Gasteiger partial charge on any atom is 0.225 e. The van der Waals surface area contributed by atoms with E-state index >= 15 is 0 Å². The van der Waals surface area contributed by atoms with Crippen LogP contribution in [0.4, 0.5) is 0 Å². The Morgan fingerprint density at radius 3 is 2.39 bits per heavy atom. The molecule has 2 aliphatic heterocycles. The molecule has 1 N–H and O–H groups in total. The van der Waals surface area contributed by atoms with Gasteiger partial charge in [-0.15, -0.1) is 11.3 Å². The molecule has 1 aromatic heterocycles. The number of carbonyl (C=O) groups is 2. The number of nitrogens with one attached hydrogen (secondary N) is 1. The smallest absolute Gasteiger partial charge is 0.225 e. The maximum atomic E-state index is 12.8. The predicted molar refractivity (Wildman–Crippen MR) is 112 cm³/mol. The van der Waals surface area contributed by atoms with E-state index in [0.717, 1.165) is 57.8 Å². The fourth-order valence-corrected chi connectivity index (χ4v) is 5.38. The third-order valence-electron chi connectivity index (χ3n) is 6.70. The molecule has 3 fully saturated rings. The van der Waals surface area contributed by atoms with E-state index in [9.17, 15) is 9.59 Å². The number of hydrogen-bond acceptors (Lipinski definition) is 4. The van der Waals surface area contributed by atoms with E-state index in [1.54, 1.807) is 11.3 Å². The fourth-order valence-electron chi connectivity index (χ4n) is 4.52. The molecule has 1 atom stereocenters. The Morgan fingerprint density at radius 1 is 1.07 bits per heavy atom. The highest BCUT2D eigenvalue weighted by Gasteiger charge is 2.36. The average Bonchev–Trinajstić information content (AvgIpc) is 3.44. The molecule has 6 heteroatoms. The van der Waals surface area contributed by atoms with Crippen molar-refractivity contribution in [2.45, 2.75) is 51.5 Å². The van der Waals surface area contributed by atoms with Crippen LogP contribution in [0.5, 0.6) is 0 Å². The summed E-state index contributed by atoms with van der Waals surface area (Å²) in [5.41, 5.74) is 0. The predicted octanol–water partition coefficient (Wildman–Crippen LogP) is 3.29. The Bertz CT molecular complexity index is 657. The first-order chi connectivity index (χ1) is 13.6. The molecule has 0 aromatic carbocycles. The Morgan fingerprint density at radius 2 is 1.79 bits per heavy atom. The number of carbonyl (C=O) groups excluding carboxylic acids is 2. The van der Waals surface area contributed by atoms with Crippen molar-refractivity contribution in [3.63, 3.8) is 0 Å². The molecule has 0 unspecified atom stereocenters. The zero-order valence-electron chi connectivity index (χ0n) is 16.9. The molecule has 2 amide bonds. The van der Waals surface area contributed by atoms with E-state index < -0.39 is 0 Å². The van der Waals surface area contributed by atoms with Gasteiger partial charge in [-0.1, -0.05) is 13.0 Å². The summed E-state index contributed by atoms with van der Waals surface area (Å²) in [6.07, 6.45) is 6.19. The number of hydrogen-bond donors (Lipinski definition) is 1. The Labute approximate surface area is 172 Å².